The number of anilines is 1. The number of nitrogens with one attached hydrogen (secondary N) is 1. The van der Waals surface area contributed by atoms with E-state index in [1.165, 1.54) is 12.8 Å². The van der Waals surface area contributed by atoms with Gasteiger partial charge in [0.25, 0.3) is 5.91 Å². The standard InChI is InChI=1S/C14H21N3O/c1-11-6-4-3-5-9-17(11)14(18)13-8-7-12(15-2)10-16-13/h7-8,10-11,15H,3-6,9H2,1-2H3. The molecule has 98 valence electrons. The van der Waals surface area contributed by atoms with Crippen molar-refractivity contribution >= 4 is 11.6 Å². The summed E-state index contributed by atoms with van der Waals surface area (Å²) in [7, 11) is 1.84. The fourth-order valence-electron chi connectivity index (χ4n) is 2.39. The summed E-state index contributed by atoms with van der Waals surface area (Å²) < 4.78 is 0. The van der Waals surface area contributed by atoms with E-state index in [2.05, 4.69) is 17.2 Å². The first kappa shape index (κ1) is 12.9. The second-order valence-corrected chi connectivity index (χ2v) is 4.88. The summed E-state index contributed by atoms with van der Waals surface area (Å²) in [6.45, 7) is 2.99. The molecule has 4 heteroatoms. The number of hydrogen-bond acceptors (Lipinski definition) is 3. The average Bonchev–Trinajstić information content (AvgIpc) is 2.63. The van der Waals surface area contributed by atoms with Crippen LogP contribution in [-0.4, -0.2) is 35.4 Å². The van der Waals surface area contributed by atoms with Gasteiger partial charge in [-0.1, -0.05) is 12.8 Å². The third-order valence-corrected chi connectivity index (χ3v) is 3.59. The van der Waals surface area contributed by atoms with E-state index in [1.807, 2.05) is 18.0 Å². The Balaban J connectivity index is 2.13. The Morgan fingerprint density at radius 2 is 2.22 bits per heavy atom. The molecule has 2 rings (SSSR count). The molecule has 1 atom stereocenters. The predicted molar refractivity (Wildman–Crippen MR) is 72.8 cm³/mol. The molecule has 1 N–H and O–H groups in total. The maximum atomic E-state index is 12.4. The van der Waals surface area contributed by atoms with Crippen LogP contribution in [0.3, 0.4) is 0 Å². The van der Waals surface area contributed by atoms with Crippen molar-refractivity contribution in [2.75, 3.05) is 18.9 Å². The summed E-state index contributed by atoms with van der Waals surface area (Å²) in [5.41, 5.74) is 1.47. The second-order valence-electron chi connectivity index (χ2n) is 4.88. The van der Waals surface area contributed by atoms with Gasteiger partial charge >= 0.3 is 0 Å². The predicted octanol–water partition coefficient (Wildman–Crippen LogP) is 2.53. The number of likely N-dealkylation sites (tertiary alicyclic amines) is 1. The van der Waals surface area contributed by atoms with Gasteiger partial charge in [-0.15, -0.1) is 0 Å². The van der Waals surface area contributed by atoms with Crippen LogP contribution < -0.4 is 5.32 Å². The molecule has 0 spiro atoms. The number of carbonyl (C=O) groups is 1. The van der Waals surface area contributed by atoms with Crippen molar-refractivity contribution < 1.29 is 4.79 Å². The first-order valence-electron chi connectivity index (χ1n) is 6.67. The quantitative estimate of drug-likeness (QED) is 0.873. The molecule has 2 heterocycles. The fourth-order valence-corrected chi connectivity index (χ4v) is 2.39. The van der Waals surface area contributed by atoms with Crippen molar-refractivity contribution in [3.63, 3.8) is 0 Å². The first-order valence-corrected chi connectivity index (χ1v) is 6.67. The molecule has 18 heavy (non-hydrogen) atoms. The molecule has 1 aromatic rings. The molecule has 0 aromatic carbocycles. The van der Waals surface area contributed by atoms with Crippen molar-refractivity contribution in [2.45, 2.75) is 38.6 Å². The Labute approximate surface area is 108 Å². The zero-order valence-electron chi connectivity index (χ0n) is 11.1. The lowest BCUT2D eigenvalue weighted by Gasteiger charge is -2.26. The lowest BCUT2D eigenvalue weighted by Crippen LogP contribution is -2.38. The van der Waals surface area contributed by atoms with Crippen molar-refractivity contribution in [1.29, 1.82) is 0 Å². The molecular weight excluding hydrogens is 226 g/mol. The minimum atomic E-state index is 0.0621. The Kier molecular flexibility index (Phi) is 4.18. The van der Waals surface area contributed by atoms with Gasteiger partial charge in [-0.3, -0.25) is 4.79 Å². The van der Waals surface area contributed by atoms with E-state index < -0.39 is 0 Å². The lowest BCUT2D eigenvalue weighted by atomic mass is 10.1. The highest BCUT2D eigenvalue weighted by molar-refractivity contribution is 5.92. The van der Waals surface area contributed by atoms with Gasteiger partial charge in [-0.2, -0.15) is 0 Å². The number of nitrogens with zero attached hydrogens (tertiary/aromatic N) is 2. The van der Waals surface area contributed by atoms with E-state index >= 15 is 0 Å². The summed E-state index contributed by atoms with van der Waals surface area (Å²) in [5, 5.41) is 3.00. The van der Waals surface area contributed by atoms with Crippen LogP contribution in [0, 0.1) is 0 Å². The normalized spacial score (nSPS) is 20.3. The van der Waals surface area contributed by atoms with E-state index in [0.717, 1.165) is 25.1 Å². The number of hydrogen-bond donors (Lipinski definition) is 1. The third kappa shape index (κ3) is 2.81. The summed E-state index contributed by atoms with van der Waals surface area (Å²) in [6, 6.07) is 4.01. The summed E-state index contributed by atoms with van der Waals surface area (Å²) in [5.74, 6) is 0.0621. The molecule has 1 fully saturated rings. The van der Waals surface area contributed by atoms with Crippen LogP contribution in [0.5, 0.6) is 0 Å². The molecular formula is C14H21N3O. The maximum absolute atomic E-state index is 12.4. The zero-order valence-corrected chi connectivity index (χ0v) is 11.1. The molecule has 1 unspecified atom stereocenters. The molecule has 4 nitrogen and oxygen atoms in total. The van der Waals surface area contributed by atoms with Crippen LogP contribution in [0.1, 0.15) is 43.1 Å². The summed E-state index contributed by atoms with van der Waals surface area (Å²) in [4.78, 5) is 18.6. The lowest BCUT2D eigenvalue weighted by molar-refractivity contribution is 0.0692. The van der Waals surface area contributed by atoms with Gasteiger partial charge < -0.3 is 10.2 Å². The van der Waals surface area contributed by atoms with E-state index in [-0.39, 0.29) is 5.91 Å². The largest absolute Gasteiger partial charge is 0.387 e. The van der Waals surface area contributed by atoms with Gasteiger partial charge in [0.15, 0.2) is 0 Å². The molecule has 0 radical (unpaired) electrons. The van der Waals surface area contributed by atoms with Crippen molar-refractivity contribution in [3.8, 4) is 0 Å². The fraction of sp³-hybridized carbons (Fsp3) is 0.571. The molecule has 0 aliphatic carbocycles. The Hall–Kier alpha value is -1.58. The molecule has 1 saturated heterocycles. The maximum Gasteiger partial charge on any atom is 0.272 e. The first-order chi connectivity index (χ1) is 8.72. The summed E-state index contributed by atoms with van der Waals surface area (Å²) in [6.07, 6.45) is 6.35. The highest BCUT2D eigenvalue weighted by Crippen LogP contribution is 2.18. The van der Waals surface area contributed by atoms with Crippen LogP contribution in [0.15, 0.2) is 18.3 Å². The molecule has 1 aromatic heterocycles. The van der Waals surface area contributed by atoms with Crippen LogP contribution in [0.2, 0.25) is 0 Å². The number of aromatic nitrogens is 1. The van der Waals surface area contributed by atoms with Gasteiger partial charge in [0, 0.05) is 19.6 Å². The van der Waals surface area contributed by atoms with Crippen molar-refractivity contribution in [3.05, 3.63) is 24.0 Å². The number of pyridine rings is 1. The van der Waals surface area contributed by atoms with Gasteiger partial charge in [-0.05, 0) is 31.9 Å². The summed E-state index contributed by atoms with van der Waals surface area (Å²) >= 11 is 0. The SMILES string of the molecule is CNc1ccc(C(=O)N2CCCCCC2C)nc1. The minimum Gasteiger partial charge on any atom is -0.387 e. The van der Waals surface area contributed by atoms with Crippen molar-refractivity contribution in [2.24, 2.45) is 0 Å². The zero-order chi connectivity index (χ0) is 13.0. The van der Waals surface area contributed by atoms with E-state index in [9.17, 15) is 4.79 Å². The molecule has 1 amide bonds. The smallest absolute Gasteiger partial charge is 0.272 e. The van der Waals surface area contributed by atoms with Crippen LogP contribution in [0.4, 0.5) is 5.69 Å². The van der Waals surface area contributed by atoms with E-state index in [1.54, 1.807) is 12.3 Å². The Morgan fingerprint density at radius 3 is 2.89 bits per heavy atom. The van der Waals surface area contributed by atoms with E-state index in [4.69, 9.17) is 0 Å². The third-order valence-electron chi connectivity index (χ3n) is 3.59. The number of amides is 1. The van der Waals surface area contributed by atoms with E-state index in [0.29, 0.717) is 11.7 Å². The Morgan fingerprint density at radius 1 is 1.39 bits per heavy atom. The van der Waals surface area contributed by atoms with Crippen molar-refractivity contribution in [1.82, 2.24) is 9.88 Å². The monoisotopic (exact) mass is 247 g/mol. The highest BCUT2D eigenvalue weighted by atomic mass is 16.2. The van der Waals surface area contributed by atoms with Gasteiger partial charge in [0.1, 0.15) is 5.69 Å². The van der Waals surface area contributed by atoms with Gasteiger partial charge in [0.05, 0.1) is 11.9 Å². The Bertz CT molecular complexity index is 402. The van der Waals surface area contributed by atoms with Gasteiger partial charge in [-0.25, -0.2) is 4.98 Å². The molecule has 1 aliphatic heterocycles. The van der Waals surface area contributed by atoms with Crippen LogP contribution in [0.25, 0.3) is 0 Å². The second kappa shape index (κ2) is 5.85. The number of rotatable bonds is 2. The topological polar surface area (TPSA) is 45.2 Å². The van der Waals surface area contributed by atoms with Gasteiger partial charge in [0.2, 0.25) is 0 Å². The molecule has 0 saturated carbocycles. The van der Waals surface area contributed by atoms with Crippen LogP contribution in [-0.2, 0) is 0 Å². The molecule has 0 bridgehead atoms. The highest BCUT2D eigenvalue weighted by Gasteiger charge is 2.23. The average molecular weight is 247 g/mol. The number of carbonyl (C=O) groups excluding carboxylic acids is 1. The minimum absolute atomic E-state index is 0.0621. The van der Waals surface area contributed by atoms with Crippen LogP contribution >= 0.6 is 0 Å². The molecule has 1 aliphatic rings.